The topological polar surface area (TPSA) is 85.2 Å². The van der Waals surface area contributed by atoms with Gasteiger partial charge in [0, 0.05) is 11.9 Å². The Hall–Kier alpha value is -3.68. The number of phenols is 1. The van der Waals surface area contributed by atoms with Gasteiger partial charge in [-0.2, -0.15) is 31.6 Å². The SMILES string of the molecule is N#C/C(=C/Nc1cc(C(F)(F)F)cc(C(F)(F)F)c1)C(=O)Nc1ccccc1O. The first-order valence-electron chi connectivity index (χ1n) is 7.67. The number of hydrogen-bond acceptors (Lipinski definition) is 4. The van der Waals surface area contributed by atoms with Crippen molar-refractivity contribution >= 4 is 17.3 Å². The maximum atomic E-state index is 12.9. The normalized spacial score (nSPS) is 12.2. The molecular formula is C18H11F6N3O2. The summed E-state index contributed by atoms with van der Waals surface area (Å²) in [6.07, 6.45) is -9.42. The zero-order valence-electron chi connectivity index (χ0n) is 14.2. The number of nitrogens with zero attached hydrogens (tertiary/aromatic N) is 1. The van der Waals surface area contributed by atoms with Gasteiger partial charge in [-0.3, -0.25) is 4.79 Å². The number of hydrogen-bond donors (Lipinski definition) is 3. The molecule has 0 atom stereocenters. The Bertz CT molecular complexity index is 958. The van der Waals surface area contributed by atoms with Gasteiger partial charge in [0.2, 0.25) is 0 Å². The summed E-state index contributed by atoms with van der Waals surface area (Å²) in [6.45, 7) is 0. The number of halogens is 6. The molecule has 0 fully saturated rings. The lowest BCUT2D eigenvalue weighted by molar-refractivity contribution is -0.143. The first-order valence-corrected chi connectivity index (χ1v) is 7.67. The molecule has 0 aliphatic rings. The van der Waals surface area contributed by atoms with Crippen molar-refractivity contribution in [2.45, 2.75) is 12.4 Å². The minimum Gasteiger partial charge on any atom is -0.506 e. The number of nitriles is 1. The smallest absolute Gasteiger partial charge is 0.416 e. The van der Waals surface area contributed by atoms with Crippen LogP contribution in [0.2, 0.25) is 0 Å². The standard InChI is InChI=1S/C18H11F6N3O2/c19-17(20,21)11-5-12(18(22,23)24)7-13(6-11)26-9-10(8-25)16(29)27-14-3-1-2-4-15(14)28/h1-7,9,26,28H,(H,27,29)/b10-9-. The average molecular weight is 415 g/mol. The predicted octanol–water partition coefficient (Wildman–Crippen LogP) is 4.89. The van der Waals surface area contributed by atoms with Crippen LogP contribution >= 0.6 is 0 Å². The Labute approximate surface area is 159 Å². The molecule has 0 aliphatic carbocycles. The van der Waals surface area contributed by atoms with Crippen molar-refractivity contribution in [3.05, 3.63) is 65.4 Å². The lowest BCUT2D eigenvalue weighted by Gasteiger charge is -2.14. The van der Waals surface area contributed by atoms with Crippen LogP contribution in [0.3, 0.4) is 0 Å². The van der Waals surface area contributed by atoms with E-state index in [2.05, 4.69) is 10.6 Å². The number of carbonyl (C=O) groups excluding carboxylic acids is 1. The molecule has 0 aromatic heterocycles. The summed E-state index contributed by atoms with van der Waals surface area (Å²) < 4.78 is 77.2. The Balaban J connectivity index is 2.31. The quantitative estimate of drug-likeness (QED) is 0.287. The molecule has 1 amide bonds. The van der Waals surface area contributed by atoms with Crippen LogP contribution in [0.1, 0.15) is 11.1 Å². The van der Waals surface area contributed by atoms with Crippen molar-refractivity contribution in [3.8, 4) is 11.8 Å². The van der Waals surface area contributed by atoms with Crippen molar-refractivity contribution in [3.63, 3.8) is 0 Å². The molecule has 0 unspecified atom stereocenters. The summed E-state index contributed by atoms with van der Waals surface area (Å²) in [5.41, 5.74) is -4.44. The minimum absolute atomic E-state index is 0.0444. The first kappa shape index (κ1) is 21.6. The van der Waals surface area contributed by atoms with E-state index in [1.54, 1.807) is 0 Å². The number of carbonyl (C=O) groups is 1. The number of nitrogens with one attached hydrogen (secondary N) is 2. The molecule has 0 bridgehead atoms. The van der Waals surface area contributed by atoms with E-state index in [0.29, 0.717) is 18.3 Å². The van der Waals surface area contributed by atoms with E-state index in [1.807, 2.05) is 0 Å². The van der Waals surface area contributed by atoms with Crippen LogP contribution in [0, 0.1) is 11.3 Å². The van der Waals surface area contributed by atoms with Crippen molar-refractivity contribution in [2.75, 3.05) is 10.6 Å². The summed E-state index contributed by atoms with van der Waals surface area (Å²) in [4.78, 5) is 12.1. The third-order valence-electron chi connectivity index (χ3n) is 3.49. The Kier molecular flexibility index (Phi) is 6.06. The van der Waals surface area contributed by atoms with Gasteiger partial charge in [0.1, 0.15) is 17.4 Å². The zero-order chi connectivity index (χ0) is 21.8. The zero-order valence-corrected chi connectivity index (χ0v) is 14.2. The fraction of sp³-hybridized carbons (Fsp3) is 0.111. The summed E-state index contributed by atoms with van der Waals surface area (Å²) >= 11 is 0. The monoisotopic (exact) mass is 415 g/mol. The van der Waals surface area contributed by atoms with Crippen LogP contribution in [0.15, 0.2) is 54.2 Å². The average Bonchev–Trinajstić information content (AvgIpc) is 2.62. The number of phenolic OH excluding ortho intramolecular Hbond substituents is 1. The maximum Gasteiger partial charge on any atom is 0.416 e. The van der Waals surface area contributed by atoms with Crippen molar-refractivity contribution in [1.29, 1.82) is 5.26 Å². The Morgan fingerprint density at radius 2 is 1.55 bits per heavy atom. The van der Waals surface area contributed by atoms with E-state index in [1.165, 1.54) is 30.3 Å². The van der Waals surface area contributed by atoms with Crippen LogP contribution < -0.4 is 10.6 Å². The van der Waals surface area contributed by atoms with Crippen molar-refractivity contribution in [1.82, 2.24) is 0 Å². The molecule has 29 heavy (non-hydrogen) atoms. The molecule has 0 radical (unpaired) electrons. The van der Waals surface area contributed by atoms with Gasteiger partial charge in [-0.1, -0.05) is 12.1 Å². The van der Waals surface area contributed by atoms with Gasteiger partial charge in [0.05, 0.1) is 16.8 Å². The van der Waals surface area contributed by atoms with E-state index in [9.17, 15) is 36.2 Å². The number of benzene rings is 2. The second kappa shape index (κ2) is 8.14. The van der Waals surface area contributed by atoms with Crippen molar-refractivity contribution < 1.29 is 36.2 Å². The summed E-state index contributed by atoms with van der Waals surface area (Å²) in [5, 5.41) is 22.9. The number of anilines is 2. The molecule has 2 aromatic rings. The molecule has 0 saturated heterocycles. The van der Waals surface area contributed by atoms with Crippen LogP contribution in [0.25, 0.3) is 0 Å². The van der Waals surface area contributed by atoms with Gasteiger partial charge in [-0.15, -0.1) is 0 Å². The number of para-hydroxylation sites is 2. The van der Waals surface area contributed by atoms with Crippen LogP contribution in [-0.4, -0.2) is 11.0 Å². The highest BCUT2D eigenvalue weighted by molar-refractivity contribution is 6.07. The Morgan fingerprint density at radius 3 is 2.03 bits per heavy atom. The minimum atomic E-state index is -5.04. The van der Waals surface area contributed by atoms with Gasteiger partial charge < -0.3 is 15.7 Å². The molecule has 5 nitrogen and oxygen atoms in total. The molecule has 2 rings (SSSR count). The van der Waals surface area contributed by atoms with Gasteiger partial charge in [-0.05, 0) is 30.3 Å². The molecule has 2 aromatic carbocycles. The maximum absolute atomic E-state index is 12.9. The van der Waals surface area contributed by atoms with E-state index in [-0.39, 0.29) is 17.5 Å². The molecule has 0 spiro atoms. The second-order valence-corrected chi connectivity index (χ2v) is 5.58. The van der Waals surface area contributed by atoms with Gasteiger partial charge >= 0.3 is 12.4 Å². The number of alkyl halides is 6. The molecule has 152 valence electrons. The highest BCUT2D eigenvalue weighted by Gasteiger charge is 2.36. The molecular weight excluding hydrogens is 404 g/mol. The first-order chi connectivity index (χ1) is 13.4. The van der Waals surface area contributed by atoms with Crippen molar-refractivity contribution in [2.24, 2.45) is 0 Å². The van der Waals surface area contributed by atoms with Gasteiger partial charge in [-0.25, -0.2) is 0 Å². The predicted molar refractivity (Wildman–Crippen MR) is 90.5 cm³/mol. The molecule has 11 heteroatoms. The third kappa shape index (κ3) is 5.65. The third-order valence-corrected chi connectivity index (χ3v) is 3.49. The molecule has 0 heterocycles. The highest BCUT2D eigenvalue weighted by atomic mass is 19.4. The highest BCUT2D eigenvalue weighted by Crippen LogP contribution is 2.37. The van der Waals surface area contributed by atoms with Gasteiger partial charge in [0.25, 0.3) is 5.91 Å². The second-order valence-electron chi connectivity index (χ2n) is 5.58. The van der Waals surface area contributed by atoms with E-state index in [4.69, 9.17) is 5.26 Å². The molecule has 0 aliphatic heterocycles. The van der Waals surface area contributed by atoms with Crippen LogP contribution in [0.5, 0.6) is 5.75 Å². The number of rotatable bonds is 4. The molecule has 0 saturated carbocycles. The van der Waals surface area contributed by atoms with E-state index >= 15 is 0 Å². The summed E-state index contributed by atoms with van der Waals surface area (Å²) in [6, 6.07) is 7.74. The van der Waals surface area contributed by atoms with Crippen LogP contribution in [-0.2, 0) is 17.1 Å². The number of amides is 1. The summed E-state index contributed by atoms with van der Waals surface area (Å²) in [5.74, 6) is -1.34. The Morgan fingerprint density at radius 1 is 1.00 bits per heavy atom. The van der Waals surface area contributed by atoms with Gasteiger partial charge in [0.15, 0.2) is 0 Å². The lowest BCUT2D eigenvalue weighted by atomic mass is 10.1. The fourth-order valence-corrected chi connectivity index (χ4v) is 2.11. The lowest BCUT2D eigenvalue weighted by Crippen LogP contribution is -2.15. The van der Waals surface area contributed by atoms with E-state index < -0.39 is 40.6 Å². The number of aromatic hydroxyl groups is 1. The molecule has 3 N–H and O–H groups in total. The van der Waals surface area contributed by atoms with E-state index in [0.717, 1.165) is 0 Å². The fourth-order valence-electron chi connectivity index (χ4n) is 2.11. The largest absolute Gasteiger partial charge is 0.506 e. The summed E-state index contributed by atoms with van der Waals surface area (Å²) in [7, 11) is 0. The van der Waals surface area contributed by atoms with Crippen LogP contribution in [0.4, 0.5) is 37.7 Å².